The lowest BCUT2D eigenvalue weighted by Crippen LogP contribution is -2.28. The Morgan fingerprint density at radius 1 is 0.279 bits per heavy atom. The first-order valence-electron chi connectivity index (χ1n) is 21.0. The molecule has 0 atom stereocenters. The SMILES string of the molecule is c1ccc(C2(c3ccccc3)c3ccccc3-c3cc(-c4ccc(-c5nc(-c6ccc7ccccc7c6)cc(-c6cccc7ccccc67)n5)c5ccccc45)ccc32)cc1. The minimum Gasteiger partial charge on any atom is -0.228 e. The van der Waals surface area contributed by atoms with Gasteiger partial charge in [0.1, 0.15) is 0 Å². The first-order valence-corrected chi connectivity index (χ1v) is 21.0. The van der Waals surface area contributed by atoms with Crippen LogP contribution in [-0.4, -0.2) is 9.97 Å². The summed E-state index contributed by atoms with van der Waals surface area (Å²) in [5.74, 6) is 0.703. The summed E-state index contributed by atoms with van der Waals surface area (Å²) in [6.45, 7) is 0. The van der Waals surface area contributed by atoms with Crippen molar-refractivity contribution in [3.05, 3.63) is 253 Å². The van der Waals surface area contributed by atoms with Gasteiger partial charge in [0.15, 0.2) is 5.82 Å². The van der Waals surface area contributed by atoms with E-state index in [-0.39, 0.29) is 0 Å². The maximum Gasteiger partial charge on any atom is 0.161 e. The highest BCUT2D eigenvalue weighted by molar-refractivity contribution is 6.05. The summed E-state index contributed by atoms with van der Waals surface area (Å²) in [7, 11) is 0. The van der Waals surface area contributed by atoms with Gasteiger partial charge in [0, 0.05) is 16.7 Å². The van der Waals surface area contributed by atoms with Gasteiger partial charge in [-0.3, -0.25) is 0 Å². The Morgan fingerprint density at radius 3 is 1.62 bits per heavy atom. The normalized spacial score (nSPS) is 12.7. The van der Waals surface area contributed by atoms with Crippen LogP contribution in [0.15, 0.2) is 231 Å². The van der Waals surface area contributed by atoms with E-state index in [4.69, 9.17) is 9.97 Å². The fraction of sp³-hybridized carbons (Fsp3) is 0.0169. The van der Waals surface area contributed by atoms with Crippen molar-refractivity contribution in [2.75, 3.05) is 0 Å². The monoisotopic (exact) mass is 774 g/mol. The molecule has 1 aromatic heterocycles. The lowest BCUT2D eigenvalue weighted by atomic mass is 9.67. The average Bonchev–Trinajstić information content (AvgIpc) is 3.64. The number of aromatic nitrogens is 2. The Labute approximate surface area is 355 Å². The third kappa shape index (κ3) is 5.57. The summed E-state index contributed by atoms with van der Waals surface area (Å²) in [5, 5.41) is 7.02. The van der Waals surface area contributed by atoms with Crippen LogP contribution in [0.1, 0.15) is 22.3 Å². The molecule has 11 aromatic rings. The highest BCUT2D eigenvalue weighted by atomic mass is 14.9. The van der Waals surface area contributed by atoms with E-state index in [0.717, 1.165) is 38.9 Å². The fourth-order valence-electron chi connectivity index (χ4n) is 10.0. The number of hydrogen-bond acceptors (Lipinski definition) is 2. The molecule has 2 heteroatoms. The highest BCUT2D eigenvalue weighted by Crippen LogP contribution is 2.56. The van der Waals surface area contributed by atoms with Crippen molar-refractivity contribution in [3.63, 3.8) is 0 Å². The Kier molecular flexibility index (Phi) is 8.11. The standard InChI is InChI=1S/C59H38N2/c1-3-20-44(21-4-1)59(45-22-5-2-6-23-45)54-29-14-13-27-50(54)53-37-42(32-35-55(53)59)47-33-34-52(49-26-12-11-25-48(47)49)58-60-56(43-31-30-39-16-7-8-18-41(39)36-43)38-57(61-58)51-28-15-19-40-17-9-10-24-46(40)51/h1-38H. The third-order valence-corrected chi connectivity index (χ3v) is 12.8. The number of hydrogen-bond donors (Lipinski definition) is 0. The minimum atomic E-state index is -0.436. The minimum absolute atomic E-state index is 0.436. The zero-order valence-corrected chi connectivity index (χ0v) is 33.3. The van der Waals surface area contributed by atoms with Crippen LogP contribution in [0, 0.1) is 0 Å². The molecular weight excluding hydrogens is 737 g/mol. The Morgan fingerprint density at radius 2 is 0.836 bits per heavy atom. The van der Waals surface area contributed by atoms with Crippen molar-refractivity contribution in [1.29, 1.82) is 0 Å². The number of benzene rings is 10. The number of fused-ring (bicyclic) bond motifs is 6. The summed E-state index contributed by atoms with van der Waals surface area (Å²) in [6, 6.07) is 83.5. The largest absolute Gasteiger partial charge is 0.228 e. The molecule has 0 unspecified atom stereocenters. The zero-order chi connectivity index (χ0) is 40.3. The molecule has 12 rings (SSSR count). The van der Waals surface area contributed by atoms with Crippen molar-refractivity contribution in [1.82, 2.24) is 9.97 Å². The first kappa shape index (κ1) is 35.0. The predicted molar refractivity (Wildman–Crippen MR) is 254 cm³/mol. The molecule has 0 saturated carbocycles. The van der Waals surface area contributed by atoms with Crippen molar-refractivity contribution in [2.24, 2.45) is 0 Å². The molecule has 0 amide bonds. The maximum atomic E-state index is 5.40. The van der Waals surface area contributed by atoms with Gasteiger partial charge < -0.3 is 0 Å². The number of nitrogens with zero attached hydrogens (tertiary/aromatic N) is 2. The summed E-state index contributed by atoms with van der Waals surface area (Å²) in [4.78, 5) is 10.8. The van der Waals surface area contributed by atoms with Gasteiger partial charge in [0.2, 0.25) is 0 Å². The van der Waals surface area contributed by atoms with Crippen LogP contribution in [-0.2, 0) is 5.41 Å². The molecule has 1 aliphatic rings. The maximum absolute atomic E-state index is 5.40. The lowest BCUT2D eigenvalue weighted by molar-refractivity contribution is 0.768. The molecule has 0 fully saturated rings. The van der Waals surface area contributed by atoms with Crippen LogP contribution in [0.2, 0.25) is 0 Å². The Balaban J connectivity index is 1.05. The molecule has 10 aromatic carbocycles. The summed E-state index contributed by atoms with van der Waals surface area (Å²) in [5.41, 5.74) is 14.5. The van der Waals surface area contributed by atoms with Crippen LogP contribution < -0.4 is 0 Å². The van der Waals surface area contributed by atoms with Crippen LogP contribution in [0.4, 0.5) is 0 Å². The van der Waals surface area contributed by atoms with E-state index in [1.165, 1.54) is 66.1 Å². The van der Waals surface area contributed by atoms with Crippen LogP contribution in [0.5, 0.6) is 0 Å². The van der Waals surface area contributed by atoms with Gasteiger partial charge in [-0.05, 0) is 101 Å². The van der Waals surface area contributed by atoms with Crippen LogP contribution in [0.3, 0.4) is 0 Å². The van der Waals surface area contributed by atoms with Gasteiger partial charge in [-0.25, -0.2) is 9.97 Å². The highest BCUT2D eigenvalue weighted by Gasteiger charge is 2.46. The van der Waals surface area contributed by atoms with E-state index in [1.54, 1.807) is 0 Å². The van der Waals surface area contributed by atoms with Gasteiger partial charge in [-0.2, -0.15) is 0 Å². The fourth-order valence-corrected chi connectivity index (χ4v) is 10.0. The second-order valence-electron chi connectivity index (χ2n) is 16.0. The molecule has 1 aliphatic carbocycles. The van der Waals surface area contributed by atoms with E-state index in [0.29, 0.717) is 5.82 Å². The van der Waals surface area contributed by atoms with Crippen molar-refractivity contribution in [3.8, 4) is 56.2 Å². The van der Waals surface area contributed by atoms with Gasteiger partial charge in [0.05, 0.1) is 16.8 Å². The molecule has 284 valence electrons. The van der Waals surface area contributed by atoms with Gasteiger partial charge in [0.25, 0.3) is 0 Å². The van der Waals surface area contributed by atoms with E-state index in [9.17, 15) is 0 Å². The Bertz CT molecular complexity index is 3430. The molecule has 2 nitrogen and oxygen atoms in total. The lowest BCUT2D eigenvalue weighted by Gasteiger charge is -2.33. The van der Waals surface area contributed by atoms with Crippen molar-refractivity contribution >= 4 is 32.3 Å². The molecule has 61 heavy (non-hydrogen) atoms. The van der Waals surface area contributed by atoms with E-state index >= 15 is 0 Å². The van der Waals surface area contributed by atoms with Gasteiger partial charge in [-0.15, -0.1) is 0 Å². The molecule has 0 saturated heterocycles. The number of rotatable bonds is 6. The van der Waals surface area contributed by atoms with E-state index in [2.05, 4.69) is 231 Å². The van der Waals surface area contributed by atoms with E-state index < -0.39 is 5.41 Å². The molecule has 0 bridgehead atoms. The smallest absolute Gasteiger partial charge is 0.161 e. The van der Waals surface area contributed by atoms with Crippen molar-refractivity contribution in [2.45, 2.75) is 5.41 Å². The zero-order valence-electron chi connectivity index (χ0n) is 33.3. The van der Waals surface area contributed by atoms with Crippen molar-refractivity contribution < 1.29 is 0 Å². The molecule has 0 aliphatic heterocycles. The summed E-state index contributed by atoms with van der Waals surface area (Å²) >= 11 is 0. The Hall–Kier alpha value is -7.94. The average molecular weight is 775 g/mol. The molecule has 1 heterocycles. The van der Waals surface area contributed by atoms with Gasteiger partial charge in [-0.1, -0.05) is 206 Å². The molecule has 0 spiro atoms. The predicted octanol–water partition coefficient (Wildman–Crippen LogP) is 15.0. The topological polar surface area (TPSA) is 25.8 Å². The van der Waals surface area contributed by atoms with Gasteiger partial charge >= 0.3 is 0 Å². The van der Waals surface area contributed by atoms with E-state index in [1.807, 2.05) is 0 Å². The molecule has 0 N–H and O–H groups in total. The first-order chi connectivity index (χ1) is 30.2. The quantitative estimate of drug-likeness (QED) is 0.168. The molecular formula is C59H38N2. The van der Waals surface area contributed by atoms with Crippen LogP contribution in [0.25, 0.3) is 88.5 Å². The second-order valence-corrected chi connectivity index (χ2v) is 16.0. The summed E-state index contributed by atoms with van der Waals surface area (Å²) < 4.78 is 0. The second kappa shape index (κ2) is 14.1. The third-order valence-electron chi connectivity index (χ3n) is 12.8. The summed E-state index contributed by atoms with van der Waals surface area (Å²) in [6.07, 6.45) is 0. The molecule has 0 radical (unpaired) electrons. The van der Waals surface area contributed by atoms with Crippen LogP contribution >= 0.6 is 0 Å².